The number of nitrogens with zero attached hydrogens (tertiary/aromatic N) is 1. The Morgan fingerprint density at radius 2 is 1.73 bits per heavy atom. The molecule has 1 aromatic heterocycles. The van der Waals surface area contributed by atoms with Crippen LogP contribution in [-0.2, 0) is 9.59 Å². The van der Waals surface area contributed by atoms with Gasteiger partial charge in [0.05, 0.1) is 14.9 Å². The molecular weight excluding hydrogens is 345 g/mol. The van der Waals surface area contributed by atoms with E-state index in [0.29, 0.717) is 20.8 Å². The Hall–Kier alpha value is -1.89. The van der Waals surface area contributed by atoms with Crippen LogP contribution in [0.2, 0.25) is 9.36 Å². The molecule has 0 aliphatic rings. The largest absolute Gasteiger partial charge is 0.329 e. The van der Waals surface area contributed by atoms with E-state index in [1.54, 1.807) is 43.3 Å². The molecule has 8 heteroatoms. The topological polar surface area (TPSA) is 70.6 Å². The van der Waals surface area contributed by atoms with Gasteiger partial charge in [-0.3, -0.25) is 9.59 Å². The Labute approximate surface area is 140 Å². The van der Waals surface area contributed by atoms with E-state index in [9.17, 15) is 9.59 Å². The molecule has 0 radical (unpaired) electrons. The lowest BCUT2D eigenvalue weighted by Gasteiger charge is -2.04. The molecule has 5 nitrogen and oxygen atoms in total. The molecule has 0 unspecified atom stereocenters. The molecule has 2 amide bonds. The molecule has 0 spiro atoms. The van der Waals surface area contributed by atoms with Gasteiger partial charge >= 0.3 is 11.8 Å². The highest BCUT2D eigenvalue weighted by Crippen LogP contribution is 2.21. The van der Waals surface area contributed by atoms with Crippen molar-refractivity contribution in [3.8, 4) is 0 Å². The van der Waals surface area contributed by atoms with Crippen molar-refractivity contribution in [1.29, 1.82) is 0 Å². The van der Waals surface area contributed by atoms with Gasteiger partial charge in [-0.25, -0.2) is 5.43 Å². The maximum atomic E-state index is 11.7. The van der Waals surface area contributed by atoms with Gasteiger partial charge in [-0.2, -0.15) is 5.10 Å². The van der Waals surface area contributed by atoms with E-state index < -0.39 is 11.8 Å². The fourth-order valence-corrected chi connectivity index (χ4v) is 2.58. The minimum Gasteiger partial charge on any atom is -0.318 e. The Balaban J connectivity index is 1.94. The van der Waals surface area contributed by atoms with Crippen LogP contribution >= 0.6 is 34.5 Å². The second-order valence-electron chi connectivity index (χ2n) is 4.20. The summed E-state index contributed by atoms with van der Waals surface area (Å²) in [4.78, 5) is 24.2. The highest BCUT2D eigenvalue weighted by Gasteiger charge is 2.13. The zero-order chi connectivity index (χ0) is 16.1. The molecule has 0 fully saturated rings. The first kappa shape index (κ1) is 16.5. The van der Waals surface area contributed by atoms with Crippen LogP contribution < -0.4 is 10.7 Å². The summed E-state index contributed by atoms with van der Waals surface area (Å²) in [7, 11) is 0. The van der Waals surface area contributed by atoms with E-state index in [1.165, 1.54) is 11.3 Å². The van der Waals surface area contributed by atoms with Crippen molar-refractivity contribution in [3.05, 3.63) is 50.6 Å². The van der Waals surface area contributed by atoms with Crippen molar-refractivity contribution in [1.82, 2.24) is 5.43 Å². The molecule has 2 N–H and O–H groups in total. The van der Waals surface area contributed by atoms with E-state index >= 15 is 0 Å². The summed E-state index contributed by atoms with van der Waals surface area (Å²) < 4.78 is 0.622. The number of hydrogen-bond donors (Lipinski definition) is 2. The van der Waals surface area contributed by atoms with E-state index in [4.69, 9.17) is 23.2 Å². The number of hydrazone groups is 1. The predicted octanol–water partition coefficient (Wildman–Crippen LogP) is 3.53. The first-order valence-corrected chi connectivity index (χ1v) is 7.70. The molecule has 2 rings (SSSR count). The molecule has 114 valence electrons. The number of nitrogens with one attached hydrogen (secondary N) is 2. The fourth-order valence-electron chi connectivity index (χ4n) is 1.47. The molecule has 2 aromatic rings. The lowest BCUT2D eigenvalue weighted by molar-refractivity contribution is -0.136. The number of carbonyl (C=O) groups is 2. The summed E-state index contributed by atoms with van der Waals surface area (Å²) in [5, 5.41) is 6.85. The lowest BCUT2D eigenvalue weighted by atomic mass is 10.3. The average molecular weight is 356 g/mol. The van der Waals surface area contributed by atoms with Crippen molar-refractivity contribution in [3.63, 3.8) is 0 Å². The molecule has 22 heavy (non-hydrogen) atoms. The molecule has 0 bridgehead atoms. The Bertz CT molecular complexity index is 726. The second-order valence-corrected chi connectivity index (χ2v) is 6.35. The third-order valence-electron chi connectivity index (χ3n) is 2.56. The number of hydrogen-bond acceptors (Lipinski definition) is 4. The van der Waals surface area contributed by atoms with Crippen LogP contribution in [-0.4, -0.2) is 17.5 Å². The minimum atomic E-state index is -0.864. The molecule has 0 aliphatic heterocycles. The fraction of sp³-hybridized carbons (Fsp3) is 0.0714. The van der Waals surface area contributed by atoms with Crippen LogP contribution in [0.4, 0.5) is 5.69 Å². The zero-order valence-corrected chi connectivity index (χ0v) is 13.7. The number of amides is 2. The van der Waals surface area contributed by atoms with E-state index in [-0.39, 0.29) is 0 Å². The number of rotatable bonds is 3. The number of carbonyl (C=O) groups excluding carboxylic acids is 2. The van der Waals surface area contributed by atoms with Crippen LogP contribution in [0.25, 0.3) is 0 Å². The molecule has 0 saturated heterocycles. The summed E-state index contributed by atoms with van der Waals surface area (Å²) >= 11 is 12.9. The van der Waals surface area contributed by atoms with Gasteiger partial charge in [0, 0.05) is 10.7 Å². The summed E-state index contributed by atoms with van der Waals surface area (Å²) in [6.07, 6.45) is 0. The normalized spacial score (nSPS) is 11.1. The maximum absolute atomic E-state index is 11.7. The van der Waals surface area contributed by atoms with Crippen molar-refractivity contribution < 1.29 is 9.59 Å². The predicted molar refractivity (Wildman–Crippen MR) is 89.8 cm³/mol. The van der Waals surface area contributed by atoms with Gasteiger partial charge < -0.3 is 5.32 Å². The molecule has 0 atom stereocenters. The van der Waals surface area contributed by atoms with E-state index in [1.807, 2.05) is 0 Å². The molecule has 0 aliphatic carbocycles. The second kappa shape index (κ2) is 7.40. The summed E-state index contributed by atoms with van der Waals surface area (Å²) in [5.74, 6) is -1.68. The minimum absolute atomic E-state index is 0.468. The van der Waals surface area contributed by atoms with Crippen molar-refractivity contribution in [2.75, 3.05) is 5.32 Å². The quantitative estimate of drug-likeness (QED) is 0.502. The number of thiophene rings is 1. The molecule has 0 saturated carbocycles. The molecule has 1 aromatic carbocycles. The standard InChI is InChI=1S/C14H11Cl2N3O2S/c1-8(11-6-7-12(16)22-11)18-19-14(21)13(20)17-10-4-2-9(15)3-5-10/h2-7H,1H3,(H,17,20)(H,19,21). The number of anilines is 1. The summed E-state index contributed by atoms with van der Waals surface area (Å²) in [5.41, 5.74) is 3.22. The SMILES string of the molecule is CC(=NNC(=O)C(=O)Nc1ccc(Cl)cc1)c1ccc(Cl)s1. The van der Waals surface area contributed by atoms with Gasteiger partial charge in [0.15, 0.2) is 0 Å². The van der Waals surface area contributed by atoms with Crippen LogP contribution in [0.3, 0.4) is 0 Å². The van der Waals surface area contributed by atoms with E-state index in [0.717, 1.165) is 4.88 Å². The van der Waals surface area contributed by atoms with Gasteiger partial charge in [-0.15, -0.1) is 11.3 Å². The first-order valence-electron chi connectivity index (χ1n) is 6.12. The number of benzene rings is 1. The maximum Gasteiger partial charge on any atom is 0.329 e. The van der Waals surface area contributed by atoms with Crippen LogP contribution in [0, 0.1) is 0 Å². The lowest BCUT2D eigenvalue weighted by Crippen LogP contribution is -2.32. The van der Waals surface area contributed by atoms with Crippen molar-refractivity contribution in [2.24, 2.45) is 5.10 Å². The third-order valence-corrected chi connectivity index (χ3v) is 4.16. The Morgan fingerprint density at radius 1 is 1.05 bits per heavy atom. The highest BCUT2D eigenvalue weighted by molar-refractivity contribution is 7.18. The Kier molecular flexibility index (Phi) is 5.54. The average Bonchev–Trinajstić information content (AvgIpc) is 2.93. The van der Waals surface area contributed by atoms with Crippen molar-refractivity contribution in [2.45, 2.75) is 6.92 Å². The smallest absolute Gasteiger partial charge is 0.318 e. The molecular formula is C14H11Cl2N3O2S. The third kappa shape index (κ3) is 4.56. The van der Waals surface area contributed by atoms with Crippen LogP contribution in [0.1, 0.15) is 11.8 Å². The number of halogens is 2. The van der Waals surface area contributed by atoms with Gasteiger partial charge in [0.25, 0.3) is 0 Å². The van der Waals surface area contributed by atoms with E-state index in [2.05, 4.69) is 15.8 Å². The van der Waals surface area contributed by atoms with Crippen molar-refractivity contribution >= 4 is 57.8 Å². The molecule has 1 heterocycles. The van der Waals surface area contributed by atoms with Gasteiger partial charge in [-0.1, -0.05) is 23.2 Å². The zero-order valence-electron chi connectivity index (χ0n) is 11.4. The summed E-state index contributed by atoms with van der Waals surface area (Å²) in [6, 6.07) is 9.92. The first-order chi connectivity index (χ1) is 10.5. The monoisotopic (exact) mass is 355 g/mol. The van der Waals surface area contributed by atoms with Crippen LogP contribution in [0.5, 0.6) is 0 Å². The van der Waals surface area contributed by atoms with Gasteiger partial charge in [0.1, 0.15) is 0 Å². The summed E-state index contributed by atoms with van der Waals surface area (Å²) in [6.45, 7) is 1.71. The van der Waals surface area contributed by atoms with Gasteiger partial charge in [-0.05, 0) is 43.3 Å². The Morgan fingerprint density at radius 3 is 2.32 bits per heavy atom. The van der Waals surface area contributed by atoms with Gasteiger partial charge in [0.2, 0.25) is 0 Å². The highest BCUT2D eigenvalue weighted by atomic mass is 35.5. The van der Waals surface area contributed by atoms with Crippen LogP contribution in [0.15, 0.2) is 41.5 Å².